The van der Waals surface area contributed by atoms with Gasteiger partial charge in [0.2, 0.25) is 0 Å². The molecule has 0 radical (unpaired) electrons. The summed E-state index contributed by atoms with van der Waals surface area (Å²) in [4.78, 5) is 4.51. The Morgan fingerprint density at radius 1 is 0.789 bits per heavy atom. The summed E-state index contributed by atoms with van der Waals surface area (Å²) < 4.78 is 0. The topological polar surface area (TPSA) is 24.9 Å². The number of aromatic nitrogens is 1. The summed E-state index contributed by atoms with van der Waals surface area (Å²) >= 11 is 12.3. The van der Waals surface area contributed by atoms with Crippen LogP contribution in [-0.2, 0) is 0 Å². The van der Waals surface area contributed by atoms with Crippen LogP contribution in [-0.4, -0.2) is 4.98 Å². The Bertz CT molecular complexity index is 741. The fourth-order valence-electron chi connectivity index (χ4n) is 1.88. The molecule has 94 valence electrons. The third kappa shape index (κ3) is 2.50. The maximum absolute atomic E-state index is 6.15. The predicted molar refractivity (Wildman–Crippen MR) is 81.5 cm³/mol. The van der Waals surface area contributed by atoms with E-state index in [2.05, 4.69) is 10.3 Å². The highest BCUT2D eigenvalue weighted by molar-refractivity contribution is 6.35. The number of halogens is 2. The van der Waals surface area contributed by atoms with E-state index in [4.69, 9.17) is 23.2 Å². The van der Waals surface area contributed by atoms with E-state index in [0.29, 0.717) is 15.9 Å². The molecule has 19 heavy (non-hydrogen) atoms. The summed E-state index contributed by atoms with van der Waals surface area (Å²) in [5, 5.41) is 5.50. The van der Waals surface area contributed by atoms with Crippen molar-refractivity contribution >= 4 is 45.6 Å². The fourth-order valence-corrected chi connectivity index (χ4v) is 2.29. The molecular weight excluding hydrogens is 279 g/mol. The van der Waals surface area contributed by atoms with Crippen molar-refractivity contribution < 1.29 is 0 Å². The Morgan fingerprint density at radius 2 is 1.58 bits per heavy atom. The average molecular weight is 289 g/mol. The molecule has 0 aliphatic rings. The minimum absolute atomic E-state index is 0.639. The van der Waals surface area contributed by atoms with Crippen molar-refractivity contribution in [3.8, 4) is 0 Å². The Balaban J connectivity index is 2.02. The number of benzene rings is 2. The summed E-state index contributed by atoms with van der Waals surface area (Å²) in [5.41, 5.74) is 1.60. The molecule has 0 aliphatic carbocycles. The molecule has 1 N–H and O–H groups in total. The smallest absolute Gasteiger partial charge is 0.131 e. The molecule has 0 unspecified atom stereocenters. The van der Waals surface area contributed by atoms with Crippen LogP contribution >= 0.6 is 23.2 Å². The largest absolute Gasteiger partial charge is 0.339 e. The lowest BCUT2D eigenvalue weighted by molar-refractivity contribution is 1.37. The van der Waals surface area contributed by atoms with Gasteiger partial charge in [-0.1, -0.05) is 47.5 Å². The normalized spacial score (nSPS) is 10.6. The monoisotopic (exact) mass is 288 g/mol. The number of rotatable bonds is 2. The van der Waals surface area contributed by atoms with Crippen LogP contribution in [0.4, 0.5) is 11.5 Å². The number of hydrogen-bond donors (Lipinski definition) is 1. The highest BCUT2D eigenvalue weighted by atomic mass is 35.5. The van der Waals surface area contributed by atoms with Crippen molar-refractivity contribution in [2.24, 2.45) is 0 Å². The quantitative estimate of drug-likeness (QED) is 0.693. The molecule has 0 saturated heterocycles. The maximum atomic E-state index is 6.15. The number of hydrogen-bond acceptors (Lipinski definition) is 2. The third-order valence-electron chi connectivity index (χ3n) is 2.81. The van der Waals surface area contributed by atoms with Crippen LogP contribution in [0.5, 0.6) is 0 Å². The van der Waals surface area contributed by atoms with E-state index in [1.807, 2.05) is 54.6 Å². The second kappa shape index (κ2) is 5.08. The first-order valence-electron chi connectivity index (χ1n) is 5.81. The summed E-state index contributed by atoms with van der Waals surface area (Å²) in [6.45, 7) is 0. The van der Waals surface area contributed by atoms with Crippen molar-refractivity contribution in [3.63, 3.8) is 0 Å². The standard InChI is InChI=1S/C15H10Cl2N2/c16-11-5-1-2-7-13(11)18-14-9-8-10-4-3-6-12(17)15(10)19-14/h1-9H,(H,18,19). The number of anilines is 2. The highest BCUT2D eigenvalue weighted by Crippen LogP contribution is 2.27. The van der Waals surface area contributed by atoms with Crippen molar-refractivity contribution in [2.75, 3.05) is 5.32 Å². The number of nitrogens with one attached hydrogen (secondary N) is 1. The molecule has 0 saturated carbocycles. The zero-order valence-electron chi connectivity index (χ0n) is 9.90. The van der Waals surface area contributed by atoms with Crippen LogP contribution in [0.2, 0.25) is 10.0 Å². The molecule has 0 aliphatic heterocycles. The van der Waals surface area contributed by atoms with Crippen LogP contribution in [0.3, 0.4) is 0 Å². The van der Waals surface area contributed by atoms with E-state index < -0.39 is 0 Å². The second-order valence-electron chi connectivity index (χ2n) is 4.11. The second-order valence-corrected chi connectivity index (χ2v) is 4.93. The van der Waals surface area contributed by atoms with E-state index in [-0.39, 0.29) is 0 Å². The van der Waals surface area contributed by atoms with E-state index in [0.717, 1.165) is 16.6 Å². The van der Waals surface area contributed by atoms with Gasteiger partial charge in [-0.25, -0.2) is 4.98 Å². The van der Waals surface area contributed by atoms with Gasteiger partial charge in [-0.2, -0.15) is 0 Å². The molecule has 0 bridgehead atoms. The molecular formula is C15H10Cl2N2. The predicted octanol–water partition coefficient (Wildman–Crippen LogP) is 5.29. The summed E-state index contributed by atoms with van der Waals surface area (Å²) in [6.07, 6.45) is 0. The van der Waals surface area contributed by atoms with Crippen LogP contribution < -0.4 is 5.32 Å². The lowest BCUT2D eigenvalue weighted by Gasteiger charge is -2.08. The van der Waals surface area contributed by atoms with Crippen molar-refractivity contribution in [1.29, 1.82) is 0 Å². The molecule has 1 aromatic heterocycles. The molecule has 3 aromatic rings. The SMILES string of the molecule is Clc1ccccc1Nc1ccc2cccc(Cl)c2n1. The van der Waals surface area contributed by atoms with Gasteiger partial charge < -0.3 is 5.32 Å². The fraction of sp³-hybridized carbons (Fsp3) is 0. The Hall–Kier alpha value is -1.77. The first kappa shape index (κ1) is 12.3. The van der Waals surface area contributed by atoms with Gasteiger partial charge in [-0.15, -0.1) is 0 Å². The van der Waals surface area contributed by atoms with E-state index in [1.165, 1.54) is 0 Å². The van der Waals surface area contributed by atoms with Crippen molar-refractivity contribution in [3.05, 3.63) is 64.6 Å². The van der Waals surface area contributed by atoms with E-state index in [1.54, 1.807) is 0 Å². The van der Waals surface area contributed by atoms with Crippen LogP contribution in [0.15, 0.2) is 54.6 Å². The van der Waals surface area contributed by atoms with E-state index in [9.17, 15) is 0 Å². The molecule has 2 nitrogen and oxygen atoms in total. The van der Waals surface area contributed by atoms with Crippen molar-refractivity contribution in [2.45, 2.75) is 0 Å². The Labute approximate surface area is 121 Å². The van der Waals surface area contributed by atoms with Gasteiger partial charge >= 0.3 is 0 Å². The molecule has 0 spiro atoms. The zero-order valence-corrected chi connectivity index (χ0v) is 11.4. The van der Waals surface area contributed by atoms with Crippen LogP contribution in [0.1, 0.15) is 0 Å². The zero-order chi connectivity index (χ0) is 13.2. The van der Waals surface area contributed by atoms with Crippen molar-refractivity contribution in [1.82, 2.24) is 4.98 Å². The van der Waals surface area contributed by atoms with Gasteiger partial charge in [0.05, 0.1) is 21.2 Å². The molecule has 4 heteroatoms. The van der Waals surface area contributed by atoms with Gasteiger partial charge in [0.15, 0.2) is 0 Å². The minimum atomic E-state index is 0.639. The summed E-state index contributed by atoms with van der Waals surface area (Å²) in [6, 6.07) is 17.1. The minimum Gasteiger partial charge on any atom is -0.339 e. The highest BCUT2D eigenvalue weighted by Gasteiger charge is 2.04. The number of fused-ring (bicyclic) bond motifs is 1. The van der Waals surface area contributed by atoms with Gasteiger partial charge in [0, 0.05) is 5.39 Å². The lowest BCUT2D eigenvalue weighted by Crippen LogP contribution is -1.94. The van der Waals surface area contributed by atoms with E-state index >= 15 is 0 Å². The Morgan fingerprint density at radius 3 is 2.42 bits per heavy atom. The molecule has 1 heterocycles. The summed E-state index contributed by atoms with van der Waals surface area (Å²) in [7, 11) is 0. The number of pyridine rings is 1. The molecule has 0 amide bonds. The number of nitrogens with zero attached hydrogens (tertiary/aromatic N) is 1. The first-order chi connectivity index (χ1) is 9.24. The molecule has 0 atom stereocenters. The molecule has 2 aromatic carbocycles. The first-order valence-corrected chi connectivity index (χ1v) is 6.56. The number of para-hydroxylation sites is 2. The Kier molecular flexibility index (Phi) is 3.28. The van der Waals surface area contributed by atoms with Gasteiger partial charge in [0.25, 0.3) is 0 Å². The maximum Gasteiger partial charge on any atom is 0.131 e. The third-order valence-corrected chi connectivity index (χ3v) is 3.44. The lowest BCUT2D eigenvalue weighted by atomic mass is 10.2. The van der Waals surface area contributed by atoms with Crippen LogP contribution in [0, 0.1) is 0 Å². The van der Waals surface area contributed by atoms with Gasteiger partial charge in [0.1, 0.15) is 5.82 Å². The average Bonchev–Trinajstić information content (AvgIpc) is 2.42. The van der Waals surface area contributed by atoms with Gasteiger partial charge in [-0.05, 0) is 30.3 Å². The molecule has 0 fully saturated rings. The molecule has 3 rings (SSSR count). The van der Waals surface area contributed by atoms with Gasteiger partial charge in [-0.3, -0.25) is 0 Å². The summed E-state index contributed by atoms with van der Waals surface area (Å²) in [5.74, 6) is 0.716. The van der Waals surface area contributed by atoms with Crippen LogP contribution in [0.25, 0.3) is 10.9 Å².